The summed E-state index contributed by atoms with van der Waals surface area (Å²) in [6.07, 6.45) is 51.5. The molecule has 0 spiro atoms. The number of carbonyl (C=O) groups is 6. The van der Waals surface area contributed by atoms with E-state index in [0.29, 0.717) is 96.0 Å². The number of aromatic hydroxyl groups is 8. The van der Waals surface area contributed by atoms with Crippen LogP contribution in [0, 0.1) is 26.7 Å². The average molecular weight is 1990 g/mol. The molecule has 4 unspecified atom stereocenters. The van der Waals surface area contributed by atoms with Crippen LogP contribution < -0.4 is 0 Å². The van der Waals surface area contributed by atoms with Crippen molar-refractivity contribution in [1.29, 1.82) is 0 Å². The molecule has 7 aromatic rings. The highest BCUT2D eigenvalue weighted by atomic mass is 16.7. The molecule has 770 valence electrons. The number of phenolic OH excluding ortho intramolecular Hbond substituents is 8. The van der Waals surface area contributed by atoms with E-state index in [-0.39, 0.29) is 144 Å². The van der Waals surface area contributed by atoms with Crippen molar-refractivity contribution in [2.75, 3.05) is 20.3 Å². The molecule has 0 bridgehead atoms. The number of hydrogen-bond donors (Lipinski definition) is 9. The minimum Gasteiger partial charge on any atom is -0.508 e. The zero-order valence-corrected chi connectivity index (χ0v) is 84.0. The third-order valence-corrected chi connectivity index (χ3v) is 22.4. The van der Waals surface area contributed by atoms with Crippen LogP contribution in [-0.4, -0.2) is 161 Å². The van der Waals surface area contributed by atoms with Gasteiger partial charge in [0.05, 0.1) is 41.2 Å². The lowest BCUT2D eigenvalue weighted by Crippen LogP contribution is -2.25. The van der Waals surface area contributed by atoms with E-state index in [1.807, 2.05) is 166 Å². The molecule has 0 saturated carbocycles. The summed E-state index contributed by atoms with van der Waals surface area (Å²) in [6.45, 7) is 21.5. The Morgan fingerprint density at radius 3 is 1.03 bits per heavy atom. The standard InChI is InChI=1S/C29H35NO3.C26H29NO5.C21H25NO7.C21H25NO5.C18H21NO5/c1-21(2)27-16-12-7-5-6-11-15-26(30-32-20-24-13-9-8-10-14-24)19-25-18-22(3)17-23(4)28(25)29(31)33-27;1-18-10-12-20(13-11-18)17-31-27-22-9-7-5-3-4-6-8-19(2)32-26(30)25-21(14-22)15-23(28)16-24(25)29;1-14-8-6-4-3-5-7-9-16(22-28-13-19(25)27-2)10-15-11-17(23)12-18(24)20(15)21(26)29-14;1-3-11-26-22-17-10-8-6-4-5-7-9-15(2)27-21(25)20-16(12-17)13-18(23)14-19(20)24;1-12-7-5-3-2-4-6-8-14(19-23)9-13-10-15(20)11-16(21)17(13)18(22)24-12/h7-15,17-18,21,27H,5-6,16,19-20H2,1-4H3;4,6-7,9-13,15-16,19,28-29H,3,5,8,14,17H2,1-2H3;4,6-7,9,11-12,14,23-24H,3,5,8,10,13H2,1-2H3;3,5,7-8,10,13-15,23-24H,1,4,6,9,11-12H2,2H3;3,5-6,8,10-12,20-21,23H,2,4,7,9H2,1H3/b12-7+,15-11+,30-26?;6-4+,9-7+,27-22?;6-4+,9-7+,22-16?;7-5+,10-8+,22-17?;5-3+,8-6+,19-14?/t27-;;;;/m0..../s1. The van der Waals surface area contributed by atoms with Crippen LogP contribution in [0.4, 0.5) is 0 Å². The number of hydrogen-bond acceptors (Lipinski definition) is 30. The Balaban J connectivity index is 0.000000222. The number of cyclic esters (lactones) is 5. The van der Waals surface area contributed by atoms with Gasteiger partial charge < -0.3 is 93.8 Å². The summed E-state index contributed by atoms with van der Waals surface area (Å²) in [6, 6.07) is 32.0. The van der Waals surface area contributed by atoms with Crippen molar-refractivity contribution in [3.8, 4) is 46.0 Å². The average Bonchev–Trinajstić information content (AvgIpc) is 0.832. The number of nitrogens with zero attached hydrogens (tertiary/aromatic N) is 5. The molecule has 9 N–H and O–H groups in total. The van der Waals surface area contributed by atoms with Crippen molar-refractivity contribution in [3.05, 3.63) is 333 Å². The van der Waals surface area contributed by atoms with Crippen LogP contribution in [0.1, 0.15) is 245 Å². The summed E-state index contributed by atoms with van der Waals surface area (Å²) in [7, 11) is 1.24. The van der Waals surface area contributed by atoms with Crippen LogP contribution in [0.5, 0.6) is 46.0 Å². The van der Waals surface area contributed by atoms with Crippen LogP contribution in [0.2, 0.25) is 0 Å². The van der Waals surface area contributed by atoms with Gasteiger partial charge in [-0.05, 0) is 218 Å². The quantitative estimate of drug-likeness (QED) is 0.0129. The third-order valence-electron chi connectivity index (χ3n) is 22.4. The second-order valence-electron chi connectivity index (χ2n) is 35.4. The van der Waals surface area contributed by atoms with E-state index in [0.717, 1.165) is 128 Å². The van der Waals surface area contributed by atoms with Gasteiger partial charge in [0.15, 0.2) is 0 Å². The van der Waals surface area contributed by atoms with Gasteiger partial charge in [-0.3, -0.25) is 0 Å². The number of benzene rings is 7. The lowest BCUT2D eigenvalue weighted by Gasteiger charge is -2.22. The Kier molecular flexibility index (Phi) is 48.8. The Morgan fingerprint density at radius 2 is 0.683 bits per heavy atom. The predicted molar refractivity (Wildman–Crippen MR) is 558 cm³/mol. The van der Waals surface area contributed by atoms with Gasteiger partial charge in [0.25, 0.3) is 0 Å². The normalized spacial score (nSPS) is 21.6. The van der Waals surface area contributed by atoms with Crippen LogP contribution in [-0.2, 0) is 97.9 Å². The number of phenols is 8. The second kappa shape index (κ2) is 61.8. The van der Waals surface area contributed by atoms with Gasteiger partial charge >= 0.3 is 35.8 Å². The first-order chi connectivity index (χ1) is 69.8. The molecule has 145 heavy (non-hydrogen) atoms. The Hall–Kier alpha value is -15.8. The fraction of sp³-hybridized carbons (Fsp3) is 0.348. The Morgan fingerprint density at radius 1 is 0.372 bits per heavy atom. The molecule has 5 heterocycles. The molecule has 5 aliphatic rings. The second-order valence-corrected chi connectivity index (χ2v) is 35.4. The number of methoxy groups -OCH3 is 1. The summed E-state index contributed by atoms with van der Waals surface area (Å²) in [5, 5.41) is 109. The predicted octanol–water partition coefficient (Wildman–Crippen LogP) is 22.6. The minimum absolute atomic E-state index is 0.0190. The molecule has 7 aromatic carbocycles. The van der Waals surface area contributed by atoms with Crippen molar-refractivity contribution < 1.29 is 123 Å². The van der Waals surface area contributed by atoms with E-state index < -0.39 is 35.6 Å². The fourth-order valence-corrected chi connectivity index (χ4v) is 15.1. The largest absolute Gasteiger partial charge is 0.508 e. The number of allylic oxidation sites excluding steroid dienone is 15. The molecule has 5 atom stereocenters. The zero-order valence-electron chi connectivity index (χ0n) is 84.0. The van der Waals surface area contributed by atoms with Gasteiger partial charge in [-0.2, -0.15) is 0 Å². The molecular weight excluding hydrogens is 1850 g/mol. The van der Waals surface area contributed by atoms with E-state index >= 15 is 0 Å². The number of fused-ring (bicyclic) bond motifs is 5. The number of carbonyl (C=O) groups excluding carboxylic acids is 6. The maximum Gasteiger partial charge on any atom is 0.346 e. The lowest BCUT2D eigenvalue weighted by atomic mass is 9.94. The molecule has 12 rings (SSSR count). The smallest absolute Gasteiger partial charge is 0.346 e. The molecular formula is C115H135N5O25. The van der Waals surface area contributed by atoms with Gasteiger partial charge in [0.2, 0.25) is 6.61 Å². The van der Waals surface area contributed by atoms with E-state index in [2.05, 4.69) is 81.3 Å². The van der Waals surface area contributed by atoms with Gasteiger partial charge in [-0.15, -0.1) is 0 Å². The first kappa shape index (κ1) is 115. The van der Waals surface area contributed by atoms with E-state index in [1.165, 1.54) is 36.9 Å². The zero-order chi connectivity index (χ0) is 105. The van der Waals surface area contributed by atoms with E-state index in [4.69, 9.17) is 48.2 Å². The maximum absolute atomic E-state index is 13.3. The van der Waals surface area contributed by atoms with Crippen molar-refractivity contribution in [1.82, 2.24) is 0 Å². The van der Waals surface area contributed by atoms with Crippen molar-refractivity contribution >= 4 is 64.4 Å². The molecule has 30 heteroatoms. The van der Waals surface area contributed by atoms with Gasteiger partial charge in [0.1, 0.15) is 119 Å². The molecule has 30 nitrogen and oxygen atoms in total. The Bertz CT molecular complexity index is 5990. The molecule has 0 fully saturated rings. The van der Waals surface area contributed by atoms with Crippen molar-refractivity contribution in [3.63, 3.8) is 0 Å². The monoisotopic (exact) mass is 1990 g/mol. The third kappa shape index (κ3) is 41.0. The van der Waals surface area contributed by atoms with Crippen molar-refractivity contribution in [2.24, 2.45) is 31.7 Å². The molecule has 0 saturated heterocycles. The number of rotatable bonds is 13. The summed E-state index contributed by atoms with van der Waals surface area (Å²) in [5.74, 6) is -5.37. The van der Waals surface area contributed by atoms with Crippen molar-refractivity contribution in [2.45, 2.75) is 234 Å². The van der Waals surface area contributed by atoms with Crippen LogP contribution in [0.15, 0.2) is 275 Å². The molecule has 5 aliphatic heterocycles. The number of ether oxygens (including phenoxy) is 6. The van der Waals surface area contributed by atoms with Gasteiger partial charge in [0, 0.05) is 88.5 Å². The molecule has 0 amide bonds. The van der Waals surface area contributed by atoms with Crippen LogP contribution in [0.25, 0.3) is 0 Å². The van der Waals surface area contributed by atoms with Crippen LogP contribution in [0.3, 0.4) is 0 Å². The highest BCUT2D eigenvalue weighted by Gasteiger charge is 2.30. The Labute approximate surface area is 847 Å². The minimum atomic E-state index is -0.700. The molecule has 0 aliphatic carbocycles. The van der Waals surface area contributed by atoms with E-state index in [1.54, 1.807) is 45.9 Å². The highest BCUT2D eigenvalue weighted by molar-refractivity contribution is 6.04. The number of aryl methyl sites for hydroxylation is 3. The summed E-state index contributed by atoms with van der Waals surface area (Å²) < 4.78 is 32.2. The van der Waals surface area contributed by atoms with Crippen LogP contribution >= 0.6 is 0 Å². The summed E-state index contributed by atoms with van der Waals surface area (Å²) in [4.78, 5) is 96.4. The topological polar surface area (TPSA) is 439 Å². The highest BCUT2D eigenvalue weighted by Crippen LogP contribution is 2.36. The number of oxime groups is 5. The first-order valence-corrected chi connectivity index (χ1v) is 48.4. The van der Waals surface area contributed by atoms with Gasteiger partial charge in [-0.25, -0.2) is 28.8 Å². The van der Waals surface area contributed by atoms with Gasteiger partial charge in [-0.1, -0.05) is 221 Å². The van der Waals surface area contributed by atoms with E-state index in [9.17, 15) is 69.6 Å². The number of esters is 6. The molecule has 0 aromatic heterocycles. The molecule has 0 radical (unpaired) electrons. The summed E-state index contributed by atoms with van der Waals surface area (Å²) >= 11 is 0. The maximum atomic E-state index is 13.3. The first-order valence-electron chi connectivity index (χ1n) is 48.4. The summed E-state index contributed by atoms with van der Waals surface area (Å²) in [5.41, 5.74) is 10.8. The SMILES string of the molecule is C=CCON=C1/C=C/CC/C=C/CC(C)OC(=O)c2c(O)cc(O)cc2C1.CC1C/C=C/CC/C=C/C(=NO)Cc2cc(O)cc(O)c2C(=O)O1.COC(=O)CON=C1/C=C/CC/C=C/CC(C)OC(=O)c2c(O)cc(O)cc2C1.Cc1cc(C)c2c(c1)CC(=NOCc1ccccc1)/C=C/CC/C=C/C[C@@H](C(C)C)OC2=O.Cc1ccc(CON=C2/C=C/CC/C=C/CC(C)OC(=O)c3c(O)cc(O)cc3C2)cc1. The lowest BCUT2D eigenvalue weighted by molar-refractivity contribution is -0.145. The fourth-order valence-electron chi connectivity index (χ4n) is 15.1.